The highest BCUT2D eigenvalue weighted by atomic mass is 28.3. The van der Waals surface area contributed by atoms with Crippen LogP contribution >= 0.6 is 0 Å². The van der Waals surface area contributed by atoms with Gasteiger partial charge in [0.1, 0.15) is 8.07 Å². The van der Waals surface area contributed by atoms with Crippen molar-refractivity contribution in [2.75, 3.05) is 32.9 Å². The highest BCUT2D eigenvalue weighted by Crippen LogP contribution is 2.39. The van der Waals surface area contributed by atoms with Crippen molar-refractivity contribution in [2.45, 2.75) is 63.0 Å². The van der Waals surface area contributed by atoms with Crippen LogP contribution in [0.25, 0.3) is 0 Å². The van der Waals surface area contributed by atoms with Crippen LogP contribution in [0.3, 0.4) is 0 Å². The normalized spacial score (nSPS) is 24.4. The Labute approximate surface area is 149 Å². The molecule has 1 aliphatic heterocycles. The number of likely N-dealkylation sites (tertiary alicyclic amines) is 1. The maximum absolute atomic E-state index is 10.7. The molecule has 1 N–H and O–H groups in total. The van der Waals surface area contributed by atoms with Gasteiger partial charge in [-0.3, -0.25) is 0 Å². The monoisotopic (exact) mass is 346 g/mol. The largest absolute Gasteiger partial charge is 0.399 e. The van der Waals surface area contributed by atoms with Gasteiger partial charge in [-0.05, 0) is 30.8 Å². The lowest BCUT2D eigenvalue weighted by atomic mass is 10.0. The van der Waals surface area contributed by atoms with Crippen LogP contribution in [0.2, 0.25) is 11.6 Å². The Morgan fingerprint density at radius 2 is 1.58 bits per heavy atom. The number of nitrogens with zero attached hydrogens (tertiary/aromatic N) is 1. The highest BCUT2D eigenvalue weighted by molar-refractivity contribution is 6.93. The Balaban J connectivity index is 1.83. The lowest BCUT2D eigenvalue weighted by Crippen LogP contribution is -2.59. The molecule has 0 radical (unpaired) electrons. The average Bonchev–Trinajstić information content (AvgIpc) is 2.65. The fourth-order valence-electron chi connectivity index (χ4n) is 5.28. The standard InChI is InChI=1S/C21H36NOSi/c1-22(15-9-4-10-16-22)17-18-24(19-23,20-11-5-2-6-12-20)21-13-7-3-8-14-21/h2,5-6,11-12,21,23H,3-4,7-10,13-19H2,1H3/q+1/t24-/m0/s1. The number of hydrogen-bond acceptors (Lipinski definition) is 1. The Morgan fingerprint density at radius 3 is 2.21 bits per heavy atom. The van der Waals surface area contributed by atoms with Gasteiger partial charge in [-0.2, -0.15) is 0 Å². The molecule has 134 valence electrons. The van der Waals surface area contributed by atoms with Crippen LogP contribution < -0.4 is 5.19 Å². The third-order valence-corrected chi connectivity index (χ3v) is 12.3. The lowest BCUT2D eigenvalue weighted by molar-refractivity contribution is -0.912. The Morgan fingerprint density at radius 1 is 0.958 bits per heavy atom. The van der Waals surface area contributed by atoms with Gasteiger partial charge in [0.2, 0.25) is 0 Å². The predicted octanol–water partition coefficient (Wildman–Crippen LogP) is 3.84. The summed E-state index contributed by atoms with van der Waals surface area (Å²) in [5, 5.41) is 12.2. The average molecular weight is 347 g/mol. The van der Waals surface area contributed by atoms with Crippen molar-refractivity contribution in [1.82, 2.24) is 0 Å². The minimum atomic E-state index is -1.84. The van der Waals surface area contributed by atoms with Crippen molar-refractivity contribution in [2.24, 2.45) is 0 Å². The van der Waals surface area contributed by atoms with Crippen molar-refractivity contribution in [3.05, 3.63) is 30.3 Å². The molecule has 0 aromatic heterocycles. The fourth-order valence-corrected chi connectivity index (χ4v) is 10.4. The van der Waals surface area contributed by atoms with E-state index in [1.165, 1.54) is 86.7 Å². The Hall–Kier alpha value is -0.643. The summed E-state index contributed by atoms with van der Waals surface area (Å²) in [5.41, 5.74) is 0.787. The van der Waals surface area contributed by atoms with E-state index in [1.54, 1.807) is 0 Å². The first-order valence-electron chi connectivity index (χ1n) is 10.2. The highest BCUT2D eigenvalue weighted by Gasteiger charge is 2.44. The number of quaternary nitrogens is 1. The molecule has 1 aromatic rings. The summed E-state index contributed by atoms with van der Waals surface area (Å²) in [5.74, 6) is 0. The summed E-state index contributed by atoms with van der Waals surface area (Å²) in [6, 6.07) is 12.4. The zero-order chi connectivity index (χ0) is 16.9. The quantitative estimate of drug-likeness (QED) is 0.613. The van der Waals surface area contributed by atoms with E-state index in [2.05, 4.69) is 37.4 Å². The number of benzene rings is 1. The van der Waals surface area contributed by atoms with Gasteiger partial charge in [0.15, 0.2) is 0 Å². The van der Waals surface area contributed by atoms with Gasteiger partial charge >= 0.3 is 0 Å². The van der Waals surface area contributed by atoms with Crippen LogP contribution in [0, 0.1) is 0 Å². The van der Waals surface area contributed by atoms with Crippen LogP contribution in [0.5, 0.6) is 0 Å². The van der Waals surface area contributed by atoms with E-state index in [-0.39, 0.29) is 0 Å². The molecule has 2 aliphatic rings. The van der Waals surface area contributed by atoms with Crippen molar-refractivity contribution in [1.29, 1.82) is 0 Å². The van der Waals surface area contributed by atoms with Gasteiger partial charge in [-0.1, -0.05) is 67.6 Å². The van der Waals surface area contributed by atoms with E-state index < -0.39 is 8.07 Å². The predicted molar refractivity (Wildman–Crippen MR) is 105 cm³/mol. The van der Waals surface area contributed by atoms with Gasteiger partial charge in [0.25, 0.3) is 0 Å². The summed E-state index contributed by atoms with van der Waals surface area (Å²) in [6.45, 7) is 3.96. The number of aliphatic hydroxyl groups excluding tert-OH is 1. The van der Waals surface area contributed by atoms with E-state index in [9.17, 15) is 5.11 Å². The summed E-state index contributed by atoms with van der Waals surface area (Å²) < 4.78 is 1.24. The zero-order valence-electron chi connectivity index (χ0n) is 15.6. The molecule has 24 heavy (non-hydrogen) atoms. The second-order valence-corrected chi connectivity index (χ2v) is 13.1. The molecule has 1 aliphatic carbocycles. The number of piperidine rings is 1. The maximum atomic E-state index is 10.7. The van der Waals surface area contributed by atoms with Gasteiger partial charge in [-0.15, -0.1) is 0 Å². The summed E-state index contributed by atoms with van der Waals surface area (Å²) in [7, 11) is 0.624. The molecule has 0 amide bonds. The van der Waals surface area contributed by atoms with Crippen molar-refractivity contribution >= 4 is 13.3 Å². The minimum Gasteiger partial charge on any atom is -0.399 e. The number of hydrogen-bond donors (Lipinski definition) is 1. The van der Waals surface area contributed by atoms with Crippen molar-refractivity contribution in [3.63, 3.8) is 0 Å². The van der Waals surface area contributed by atoms with Gasteiger partial charge in [0.05, 0.1) is 26.7 Å². The number of rotatable bonds is 6. The summed E-state index contributed by atoms with van der Waals surface area (Å²) in [4.78, 5) is 0. The summed E-state index contributed by atoms with van der Waals surface area (Å²) >= 11 is 0. The van der Waals surface area contributed by atoms with Crippen LogP contribution in [0.4, 0.5) is 0 Å². The zero-order valence-corrected chi connectivity index (χ0v) is 16.6. The molecule has 3 rings (SSSR count). The molecule has 3 heteroatoms. The molecule has 1 atom stereocenters. The first-order chi connectivity index (χ1) is 11.7. The second kappa shape index (κ2) is 8.16. The van der Waals surface area contributed by atoms with Crippen molar-refractivity contribution < 1.29 is 9.59 Å². The smallest absolute Gasteiger partial charge is 0.123 e. The third-order valence-electron chi connectivity index (χ3n) is 7.01. The Kier molecular flexibility index (Phi) is 6.17. The van der Waals surface area contributed by atoms with Gasteiger partial charge in [0, 0.05) is 6.23 Å². The topological polar surface area (TPSA) is 20.2 Å². The molecule has 2 fully saturated rings. The van der Waals surface area contributed by atoms with E-state index in [0.29, 0.717) is 6.23 Å². The molecule has 0 unspecified atom stereocenters. The summed E-state index contributed by atoms with van der Waals surface area (Å²) in [6.07, 6.45) is 11.5. The first kappa shape index (κ1) is 18.2. The van der Waals surface area contributed by atoms with E-state index in [1.807, 2.05) is 0 Å². The van der Waals surface area contributed by atoms with E-state index in [4.69, 9.17) is 0 Å². The molecule has 2 nitrogen and oxygen atoms in total. The van der Waals surface area contributed by atoms with Gasteiger partial charge in [-0.25, -0.2) is 0 Å². The van der Waals surface area contributed by atoms with Crippen LogP contribution in [-0.4, -0.2) is 50.6 Å². The Bertz CT molecular complexity index is 494. The lowest BCUT2D eigenvalue weighted by Gasteiger charge is -2.44. The number of aliphatic hydroxyl groups is 1. The van der Waals surface area contributed by atoms with Crippen molar-refractivity contribution in [3.8, 4) is 0 Å². The van der Waals surface area contributed by atoms with Crippen LogP contribution in [0.1, 0.15) is 51.4 Å². The minimum absolute atomic E-state index is 0.446. The SMILES string of the molecule is C[N+]1(CC[Si@](CO)(c2ccccc2)C2CCCCC2)CCCCC1. The fraction of sp³-hybridized carbons (Fsp3) is 0.714. The van der Waals surface area contributed by atoms with E-state index in [0.717, 1.165) is 5.54 Å². The first-order valence-corrected chi connectivity index (χ1v) is 12.7. The van der Waals surface area contributed by atoms with Gasteiger partial charge < -0.3 is 9.59 Å². The van der Waals surface area contributed by atoms with E-state index >= 15 is 0 Å². The molecular formula is C21H36NOSi+. The molecule has 1 saturated carbocycles. The third kappa shape index (κ3) is 3.95. The molecule has 1 heterocycles. The van der Waals surface area contributed by atoms with Crippen LogP contribution in [0.15, 0.2) is 30.3 Å². The molecule has 1 saturated heterocycles. The molecule has 0 bridgehead atoms. The molecular weight excluding hydrogens is 310 g/mol. The maximum Gasteiger partial charge on any atom is 0.123 e. The second-order valence-electron chi connectivity index (χ2n) is 8.62. The molecule has 0 spiro atoms. The van der Waals surface area contributed by atoms with Crippen LogP contribution in [-0.2, 0) is 0 Å². The molecule has 1 aromatic carbocycles.